The third-order valence-electron chi connectivity index (χ3n) is 2.17. The highest BCUT2D eigenvalue weighted by molar-refractivity contribution is 5.88. The number of aliphatic carboxylic acids is 1. The Kier molecular flexibility index (Phi) is 8.50. The van der Waals surface area contributed by atoms with Gasteiger partial charge in [-0.2, -0.15) is 0 Å². The number of carboxylic acids is 1. The van der Waals surface area contributed by atoms with E-state index in [9.17, 15) is 14.4 Å². The zero-order chi connectivity index (χ0) is 14.0. The second-order valence-electron chi connectivity index (χ2n) is 3.78. The first-order chi connectivity index (χ1) is 8.47. The summed E-state index contributed by atoms with van der Waals surface area (Å²) in [6.07, 6.45) is 2.04. The summed E-state index contributed by atoms with van der Waals surface area (Å²) in [6, 6.07) is -0.677. The van der Waals surface area contributed by atoms with Crippen LogP contribution in [-0.2, 0) is 14.4 Å². The number of carbonyl (C=O) groups is 3. The lowest BCUT2D eigenvalue weighted by Crippen LogP contribution is -2.45. The topological polar surface area (TPSA) is 148 Å². The smallest absolute Gasteiger partial charge is 0.322 e. The van der Waals surface area contributed by atoms with Crippen molar-refractivity contribution < 1.29 is 19.5 Å². The van der Waals surface area contributed by atoms with Crippen molar-refractivity contribution in [2.24, 2.45) is 11.5 Å². The first kappa shape index (κ1) is 16.3. The van der Waals surface area contributed by atoms with E-state index in [-0.39, 0.29) is 6.54 Å². The maximum atomic E-state index is 11.4. The molecule has 8 nitrogen and oxygen atoms in total. The Morgan fingerprint density at radius 2 is 1.78 bits per heavy atom. The molecule has 18 heavy (non-hydrogen) atoms. The lowest BCUT2D eigenvalue weighted by molar-refractivity contribution is -0.137. The minimum atomic E-state index is -1.15. The van der Waals surface area contributed by atoms with Gasteiger partial charge in [0.2, 0.25) is 11.8 Å². The highest BCUT2D eigenvalue weighted by Gasteiger charge is 2.13. The van der Waals surface area contributed by atoms with Crippen LogP contribution in [0.5, 0.6) is 0 Å². The summed E-state index contributed by atoms with van der Waals surface area (Å²) < 4.78 is 0. The van der Waals surface area contributed by atoms with E-state index in [0.717, 1.165) is 12.8 Å². The Morgan fingerprint density at radius 3 is 2.33 bits per heavy atom. The van der Waals surface area contributed by atoms with Crippen molar-refractivity contribution in [2.45, 2.75) is 25.3 Å². The fourth-order valence-electron chi connectivity index (χ4n) is 1.17. The molecule has 0 spiro atoms. The van der Waals surface area contributed by atoms with Gasteiger partial charge in [-0.05, 0) is 19.4 Å². The summed E-state index contributed by atoms with van der Waals surface area (Å²) in [4.78, 5) is 32.7. The van der Waals surface area contributed by atoms with Gasteiger partial charge in [0.1, 0.15) is 6.54 Å². The lowest BCUT2D eigenvalue weighted by atomic mass is 10.1. The Bertz CT molecular complexity index is 296. The molecule has 0 aromatic carbocycles. The number of nitrogens with one attached hydrogen (secondary N) is 2. The molecular weight excluding hydrogens is 240 g/mol. The van der Waals surface area contributed by atoms with Gasteiger partial charge in [-0.15, -0.1) is 0 Å². The van der Waals surface area contributed by atoms with E-state index in [4.69, 9.17) is 16.6 Å². The van der Waals surface area contributed by atoms with Crippen LogP contribution in [0.3, 0.4) is 0 Å². The Hall–Kier alpha value is -1.67. The number of rotatable bonds is 9. The van der Waals surface area contributed by atoms with Gasteiger partial charge in [0, 0.05) is 0 Å². The van der Waals surface area contributed by atoms with E-state index in [0.29, 0.717) is 13.0 Å². The molecule has 0 saturated carbocycles. The summed E-state index contributed by atoms with van der Waals surface area (Å²) in [5.41, 5.74) is 10.9. The number of amides is 2. The van der Waals surface area contributed by atoms with Crippen molar-refractivity contribution in [3.63, 3.8) is 0 Å². The number of carboxylic acid groups (broad SMARTS) is 1. The minimum Gasteiger partial charge on any atom is -0.480 e. The molecule has 0 rings (SSSR count). The zero-order valence-electron chi connectivity index (χ0n) is 10.1. The molecule has 0 aliphatic carbocycles. The van der Waals surface area contributed by atoms with Gasteiger partial charge >= 0.3 is 5.97 Å². The fraction of sp³-hybridized carbons (Fsp3) is 0.700. The van der Waals surface area contributed by atoms with Gasteiger partial charge in [-0.1, -0.05) is 6.42 Å². The van der Waals surface area contributed by atoms with E-state index in [1.54, 1.807) is 0 Å². The van der Waals surface area contributed by atoms with Gasteiger partial charge in [0.15, 0.2) is 0 Å². The predicted molar refractivity (Wildman–Crippen MR) is 64.5 cm³/mol. The molecule has 0 heterocycles. The van der Waals surface area contributed by atoms with E-state index >= 15 is 0 Å². The van der Waals surface area contributed by atoms with E-state index in [2.05, 4.69) is 10.6 Å². The van der Waals surface area contributed by atoms with Crippen LogP contribution < -0.4 is 22.1 Å². The summed E-state index contributed by atoms with van der Waals surface area (Å²) in [5, 5.41) is 12.8. The number of hydrogen-bond donors (Lipinski definition) is 5. The second-order valence-corrected chi connectivity index (χ2v) is 3.78. The van der Waals surface area contributed by atoms with Crippen LogP contribution in [0, 0.1) is 0 Å². The monoisotopic (exact) mass is 260 g/mol. The molecule has 7 N–H and O–H groups in total. The predicted octanol–water partition coefficient (Wildman–Crippen LogP) is -2.24. The SMILES string of the molecule is NCCCC[C@H](N)C(=O)NCC(=O)NCC(=O)O. The van der Waals surface area contributed by atoms with Crippen LogP contribution >= 0.6 is 0 Å². The van der Waals surface area contributed by atoms with Gasteiger partial charge in [0.25, 0.3) is 0 Å². The normalized spacial score (nSPS) is 11.7. The molecule has 0 saturated heterocycles. The summed E-state index contributed by atoms with van der Waals surface area (Å²) >= 11 is 0. The summed E-state index contributed by atoms with van der Waals surface area (Å²) in [5.74, 6) is -2.15. The summed E-state index contributed by atoms with van der Waals surface area (Å²) in [7, 11) is 0. The van der Waals surface area contributed by atoms with Crippen molar-refractivity contribution >= 4 is 17.8 Å². The van der Waals surface area contributed by atoms with Crippen LogP contribution in [-0.4, -0.2) is 48.6 Å². The maximum absolute atomic E-state index is 11.4. The molecule has 1 atom stereocenters. The van der Waals surface area contributed by atoms with E-state index < -0.39 is 30.4 Å². The largest absolute Gasteiger partial charge is 0.480 e. The number of carbonyl (C=O) groups excluding carboxylic acids is 2. The molecule has 104 valence electrons. The molecule has 0 unspecified atom stereocenters. The third kappa shape index (κ3) is 8.48. The van der Waals surface area contributed by atoms with Crippen molar-refractivity contribution in [3.05, 3.63) is 0 Å². The van der Waals surface area contributed by atoms with E-state index in [1.165, 1.54) is 0 Å². The van der Waals surface area contributed by atoms with Crippen LogP contribution in [0.15, 0.2) is 0 Å². The van der Waals surface area contributed by atoms with Crippen molar-refractivity contribution in [3.8, 4) is 0 Å². The fourth-order valence-corrected chi connectivity index (χ4v) is 1.17. The quantitative estimate of drug-likeness (QED) is 0.296. The first-order valence-corrected chi connectivity index (χ1v) is 5.69. The minimum absolute atomic E-state index is 0.281. The van der Waals surface area contributed by atoms with Crippen LogP contribution in [0.2, 0.25) is 0 Å². The van der Waals surface area contributed by atoms with Crippen LogP contribution in [0.4, 0.5) is 0 Å². The standard InChI is InChI=1S/C10H20N4O4/c11-4-2-1-3-7(12)10(18)14-5-8(15)13-6-9(16)17/h7H,1-6,11-12H2,(H,13,15)(H,14,18)(H,16,17)/t7-/m0/s1. The number of nitrogens with two attached hydrogens (primary N) is 2. The van der Waals surface area contributed by atoms with Crippen LogP contribution in [0.1, 0.15) is 19.3 Å². The van der Waals surface area contributed by atoms with Crippen molar-refractivity contribution in [2.75, 3.05) is 19.6 Å². The molecule has 0 aliphatic heterocycles. The molecule has 0 aromatic heterocycles. The second kappa shape index (κ2) is 9.37. The van der Waals surface area contributed by atoms with E-state index in [1.807, 2.05) is 0 Å². The Morgan fingerprint density at radius 1 is 1.11 bits per heavy atom. The molecule has 8 heteroatoms. The molecule has 0 aliphatic rings. The maximum Gasteiger partial charge on any atom is 0.322 e. The molecule has 0 radical (unpaired) electrons. The zero-order valence-corrected chi connectivity index (χ0v) is 10.1. The van der Waals surface area contributed by atoms with Gasteiger partial charge < -0.3 is 27.2 Å². The van der Waals surface area contributed by atoms with Crippen molar-refractivity contribution in [1.82, 2.24) is 10.6 Å². The lowest BCUT2D eigenvalue weighted by Gasteiger charge is -2.11. The molecule has 0 aromatic rings. The average molecular weight is 260 g/mol. The number of unbranched alkanes of at least 4 members (excludes halogenated alkanes) is 1. The average Bonchev–Trinajstić information content (AvgIpc) is 2.33. The van der Waals surface area contributed by atoms with Gasteiger partial charge in [-0.3, -0.25) is 14.4 Å². The molecule has 2 amide bonds. The third-order valence-corrected chi connectivity index (χ3v) is 2.17. The highest BCUT2D eigenvalue weighted by Crippen LogP contribution is 1.97. The van der Waals surface area contributed by atoms with Gasteiger partial charge in [-0.25, -0.2) is 0 Å². The first-order valence-electron chi connectivity index (χ1n) is 5.69. The summed E-state index contributed by atoms with van der Waals surface area (Å²) in [6.45, 7) is -0.208. The Labute approximate surface area is 105 Å². The molecule has 0 bridgehead atoms. The Balaban J connectivity index is 3.74. The highest BCUT2D eigenvalue weighted by atomic mass is 16.4. The number of hydrogen-bond acceptors (Lipinski definition) is 5. The van der Waals surface area contributed by atoms with Crippen molar-refractivity contribution in [1.29, 1.82) is 0 Å². The van der Waals surface area contributed by atoms with Crippen LogP contribution in [0.25, 0.3) is 0 Å². The molecule has 0 fully saturated rings. The molecular formula is C10H20N4O4. The van der Waals surface area contributed by atoms with Gasteiger partial charge in [0.05, 0.1) is 12.6 Å².